The lowest BCUT2D eigenvalue weighted by Crippen LogP contribution is -2.38. The molecule has 1 aliphatic heterocycles. The van der Waals surface area contributed by atoms with Crippen molar-refractivity contribution in [2.24, 2.45) is 5.92 Å². The van der Waals surface area contributed by atoms with Crippen molar-refractivity contribution in [1.29, 1.82) is 0 Å². The SMILES string of the molecule is CCC1CCCN(C(=O)/C=C/c2c(-c3ccccc3)nn3ccccc23)C1. The van der Waals surface area contributed by atoms with Crippen molar-refractivity contribution in [3.63, 3.8) is 0 Å². The van der Waals surface area contributed by atoms with Crippen LogP contribution in [0.15, 0.2) is 60.8 Å². The monoisotopic (exact) mass is 359 g/mol. The number of likely N-dealkylation sites (tertiary alicyclic amines) is 1. The molecule has 4 heteroatoms. The minimum atomic E-state index is 0.0995. The van der Waals surface area contributed by atoms with E-state index in [1.807, 2.05) is 58.1 Å². The number of piperidine rings is 1. The number of amides is 1. The molecule has 1 aliphatic rings. The van der Waals surface area contributed by atoms with Crippen LogP contribution in [0.4, 0.5) is 0 Å². The molecule has 0 spiro atoms. The van der Waals surface area contributed by atoms with Crippen LogP contribution in [0.5, 0.6) is 0 Å². The van der Waals surface area contributed by atoms with Crippen LogP contribution >= 0.6 is 0 Å². The zero-order chi connectivity index (χ0) is 18.6. The third-order valence-corrected chi connectivity index (χ3v) is 5.43. The fraction of sp³-hybridized carbons (Fsp3) is 0.304. The molecule has 1 fully saturated rings. The zero-order valence-corrected chi connectivity index (χ0v) is 15.7. The maximum Gasteiger partial charge on any atom is 0.246 e. The van der Waals surface area contributed by atoms with Gasteiger partial charge in [-0.15, -0.1) is 0 Å². The van der Waals surface area contributed by atoms with Gasteiger partial charge >= 0.3 is 0 Å². The van der Waals surface area contributed by atoms with Gasteiger partial charge in [0.2, 0.25) is 5.91 Å². The van der Waals surface area contributed by atoms with Gasteiger partial charge in [0.05, 0.1) is 5.52 Å². The summed E-state index contributed by atoms with van der Waals surface area (Å²) >= 11 is 0. The summed E-state index contributed by atoms with van der Waals surface area (Å²) in [7, 11) is 0. The number of hydrogen-bond donors (Lipinski definition) is 0. The summed E-state index contributed by atoms with van der Waals surface area (Å²) in [6.45, 7) is 3.94. The predicted molar refractivity (Wildman–Crippen MR) is 109 cm³/mol. The van der Waals surface area contributed by atoms with Gasteiger partial charge in [-0.25, -0.2) is 4.52 Å². The van der Waals surface area contributed by atoms with E-state index in [1.165, 1.54) is 6.42 Å². The number of carbonyl (C=O) groups excluding carboxylic acids is 1. The van der Waals surface area contributed by atoms with Gasteiger partial charge in [-0.2, -0.15) is 5.10 Å². The molecule has 3 heterocycles. The lowest BCUT2D eigenvalue weighted by molar-refractivity contribution is -0.127. The van der Waals surface area contributed by atoms with Gasteiger partial charge in [0.15, 0.2) is 0 Å². The lowest BCUT2D eigenvalue weighted by atomic mass is 9.95. The van der Waals surface area contributed by atoms with Gasteiger partial charge < -0.3 is 4.90 Å². The summed E-state index contributed by atoms with van der Waals surface area (Å²) in [6, 6.07) is 16.1. The third kappa shape index (κ3) is 3.65. The molecular formula is C23H25N3O. The summed E-state index contributed by atoms with van der Waals surface area (Å²) in [4.78, 5) is 14.7. The molecule has 138 valence electrons. The Morgan fingerprint density at radius 2 is 2.00 bits per heavy atom. The molecule has 1 amide bonds. The van der Waals surface area contributed by atoms with Crippen molar-refractivity contribution < 1.29 is 4.79 Å². The van der Waals surface area contributed by atoms with E-state index in [1.54, 1.807) is 6.08 Å². The first-order valence-electron chi connectivity index (χ1n) is 9.76. The van der Waals surface area contributed by atoms with E-state index in [-0.39, 0.29) is 5.91 Å². The Bertz CT molecular complexity index is 958. The Morgan fingerprint density at radius 1 is 1.19 bits per heavy atom. The average molecular weight is 359 g/mol. The van der Waals surface area contributed by atoms with Gasteiger partial charge in [0.1, 0.15) is 5.69 Å². The Morgan fingerprint density at radius 3 is 2.81 bits per heavy atom. The van der Waals surface area contributed by atoms with Crippen molar-refractivity contribution >= 4 is 17.5 Å². The van der Waals surface area contributed by atoms with Gasteiger partial charge in [-0.3, -0.25) is 4.79 Å². The third-order valence-electron chi connectivity index (χ3n) is 5.43. The molecule has 1 aromatic carbocycles. The molecule has 3 aromatic rings. The number of rotatable bonds is 4. The van der Waals surface area contributed by atoms with E-state index >= 15 is 0 Å². The Labute approximate surface area is 160 Å². The first kappa shape index (κ1) is 17.5. The van der Waals surface area contributed by atoms with Gasteiger partial charge in [0, 0.05) is 36.5 Å². The molecule has 0 bridgehead atoms. The van der Waals surface area contributed by atoms with Crippen LogP contribution in [0, 0.1) is 5.92 Å². The fourth-order valence-corrected chi connectivity index (χ4v) is 3.85. The number of hydrogen-bond acceptors (Lipinski definition) is 2. The van der Waals surface area contributed by atoms with Crippen LogP contribution in [-0.4, -0.2) is 33.5 Å². The molecule has 4 nitrogen and oxygen atoms in total. The standard InChI is InChI=1S/C23H25N3O/c1-2-18-9-8-15-25(17-18)22(27)14-13-20-21-12-6-7-16-26(21)24-23(20)19-10-4-3-5-11-19/h3-7,10-14,16,18H,2,8-9,15,17H2,1H3/b14-13+. The van der Waals surface area contributed by atoms with Crippen LogP contribution in [-0.2, 0) is 4.79 Å². The normalized spacial score (nSPS) is 17.7. The van der Waals surface area contributed by atoms with Gasteiger partial charge in [0.25, 0.3) is 0 Å². The summed E-state index contributed by atoms with van der Waals surface area (Å²) in [5.74, 6) is 0.732. The van der Waals surface area contributed by atoms with Crippen molar-refractivity contribution in [1.82, 2.24) is 14.5 Å². The van der Waals surface area contributed by atoms with Crippen molar-refractivity contribution in [2.75, 3.05) is 13.1 Å². The highest BCUT2D eigenvalue weighted by Crippen LogP contribution is 2.27. The van der Waals surface area contributed by atoms with Crippen LogP contribution < -0.4 is 0 Å². The van der Waals surface area contributed by atoms with Gasteiger partial charge in [-0.05, 0) is 37.0 Å². The van der Waals surface area contributed by atoms with E-state index in [0.717, 1.165) is 48.3 Å². The molecule has 4 rings (SSSR count). The van der Waals surface area contributed by atoms with Crippen molar-refractivity contribution in [3.8, 4) is 11.3 Å². The molecule has 0 N–H and O–H groups in total. The number of aromatic nitrogens is 2. The summed E-state index contributed by atoms with van der Waals surface area (Å²) in [5, 5.41) is 4.74. The van der Waals surface area contributed by atoms with E-state index in [4.69, 9.17) is 5.10 Å². The second-order valence-electron chi connectivity index (χ2n) is 7.19. The van der Waals surface area contributed by atoms with Gasteiger partial charge in [-0.1, -0.05) is 49.7 Å². The van der Waals surface area contributed by atoms with Crippen LogP contribution in [0.1, 0.15) is 31.7 Å². The smallest absolute Gasteiger partial charge is 0.246 e. The fourth-order valence-electron chi connectivity index (χ4n) is 3.85. The molecule has 1 saturated heterocycles. The molecule has 0 saturated carbocycles. The number of carbonyl (C=O) groups is 1. The largest absolute Gasteiger partial charge is 0.339 e. The number of pyridine rings is 1. The first-order valence-corrected chi connectivity index (χ1v) is 9.76. The molecular weight excluding hydrogens is 334 g/mol. The number of nitrogens with zero attached hydrogens (tertiary/aromatic N) is 3. The second kappa shape index (κ2) is 7.78. The second-order valence-corrected chi connectivity index (χ2v) is 7.19. The van der Waals surface area contributed by atoms with Crippen LogP contribution in [0.25, 0.3) is 22.9 Å². The highest BCUT2D eigenvalue weighted by atomic mass is 16.2. The maximum absolute atomic E-state index is 12.8. The van der Waals surface area contributed by atoms with E-state index in [2.05, 4.69) is 19.1 Å². The van der Waals surface area contributed by atoms with E-state index in [9.17, 15) is 4.79 Å². The van der Waals surface area contributed by atoms with Crippen molar-refractivity contribution in [3.05, 3.63) is 66.4 Å². The summed E-state index contributed by atoms with van der Waals surface area (Å²) in [5.41, 5.74) is 3.94. The molecule has 1 atom stereocenters. The Kier molecular flexibility index (Phi) is 5.05. The molecule has 0 aliphatic carbocycles. The minimum absolute atomic E-state index is 0.0995. The molecule has 27 heavy (non-hydrogen) atoms. The first-order chi connectivity index (χ1) is 13.3. The minimum Gasteiger partial charge on any atom is -0.339 e. The summed E-state index contributed by atoms with van der Waals surface area (Å²) in [6.07, 6.45) is 9.06. The van der Waals surface area contributed by atoms with Crippen LogP contribution in [0.2, 0.25) is 0 Å². The van der Waals surface area contributed by atoms with Crippen LogP contribution in [0.3, 0.4) is 0 Å². The van der Waals surface area contributed by atoms with Crippen molar-refractivity contribution in [2.45, 2.75) is 26.2 Å². The predicted octanol–water partition coefficient (Wildman–Crippen LogP) is 4.66. The summed E-state index contributed by atoms with van der Waals surface area (Å²) < 4.78 is 1.88. The highest BCUT2D eigenvalue weighted by Gasteiger charge is 2.21. The molecule has 0 radical (unpaired) electrons. The average Bonchev–Trinajstić information content (AvgIpc) is 3.11. The molecule has 1 unspecified atom stereocenters. The highest BCUT2D eigenvalue weighted by molar-refractivity contribution is 5.95. The van der Waals surface area contributed by atoms with E-state index < -0.39 is 0 Å². The molecule has 2 aromatic heterocycles. The quantitative estimate of drug-likeness (QED) is 0.635. The Hall–Kier alpha value is -2.88. The number of benzene rings is 1. The Balaban J connectivity index is 1.66. The number of fused-ring (bicyclic) bond motifs is 1. The topological polar surface area (TPSA) is 37.6 Å². The van der Waals surface area contributed by atoms with E-state index in [0.29, 0.717) is 5.92 Å². The zero-order valence-electron chi connectivity index (χ0n) is 15.7. The maximum atomic E-state index is 12.8. The lowest BCUT2D eigenvalue weighted by Gasteiger charge is -2.31.